The van der Waals surface area contributed by atoms with E-state index in [-0.39, 0.29) is 31.1 Å². The molecule has 2 heterocycles. The Hall–Kier alpha value is -2.51. The van der Waals surface area contributed by atoms with Crippen molar-refractivity contribution in [3.8, 4) is 0 Å². The molecule has 3 rings (SSSR count). The minimum atomic E-state index is -5.83. The van der Waals surface area contributed by atoms with E-state index in [4.69, 9.17) is 0 Å². The highest BCUT2D eigenvalue weighted by Gasteiger charge is 2.50. The van der Waals surface area contributed by atoms with Gasteiger partial charge >= 0.3 is 5.51 Å². The van der Waals surface area contributed by atoms with Gasteiger partial charge in [0.15, 0.2) is 5.03 Å². The van der Waals surface area contributed by atoms with Gasteiger partial charge < -0.3 is 4.90 Å². The van der Waals surface area contributed by atoms with Crippen LogP contribution in [0.25, 0.3) is 0 Å². The molecule has 0 bridgehead atoms. The largest absolute Gasteiger partial charge is 0.503 e. The molecule has 1 fully saturated rings. The highest BCUT2D eigenvalue weighted by molar-refractivity contribution is 7.92. The number of aromatic nitrogens is 1. The standard InChI is InChI=1S/C19H20F3N3O5S2/c1-13-5-6-15(12-14(13)2)32(29,30)25-10-8-24(9-11-25)18(26)16-4-3-7-23-17(16)31(27,28)19(20,21)22/h3-7,12H,8-11H2,1-2H3. The molecule has 174 valence electrons. The number of alkyl halides is 3. The van der Waals surface area contributed by atoms with Gasteiger partial charge in [0.25, 0.3) is 15.7 Å². The van der Waals surface area contributed by atoms with Crippen LogP contribution in [-0.2, 0) is 19.9 Å². The first-order valence-electron chi connectivity index (χ1n) is 9.40. The predicted octanol–water partition coefficient (Wildman–Crippen LogP) is 2.14. The topological polar surface area (TPSA) is 105 Å². The lowest BCUT2D eigenvalue weighted by atomic mass is 10.1. The smallest absolute Gasteiger partial charge is 0.336 e. The molecule has 0 saturated carbocycles. The van der Waals surface area contributed by atoms with Crippen molar-refractivity contribution in [3.63, 3.8) is 0 Å². The van der Waals surface area contributed by atoms with Crippen molar-refractivity contribution < 1.29 is 34.8 Å². The highest BCUT2D eigenvalue weighted by Crippen LogP contribution is 2.31. The molecule has 0 unspecified atom stereocenters. The van der Waals surface area contributed by atoms with E-state index in [0.29, 0.717) is 0 Å². The number of pyridine rings is 1. The second-order valence-electron chi connectivity index (χ2n) is 7.25. The number of rotatable bonds is 4. The van der Waals surface area contributed by atoms with Gasteiger partial charge in [0, 0.05) is 32.4 Å². The minimum absolute atomic E-state index is 0.0946. The number of halogens is 3. The van der Waals surface area contributed by atoms with E-state index >= 15 is 0 Å². The summed E-state index contributed by atoms with van der Waals surface area (Å²) in [5.41, 5.74) is -4.60. The fourth-order valence-corrected chi connectivity index (χ4v) is 5.57. The highest BCUT2D eigenvalue weighted by atomic mass is 32.2. The molecule has 1 aliphatic heterocycles. The van der Waals surface area contributed by atoms with E-state index in [1.54, 1.807) is 19.1 Å². The number of benzene rings is 1. The van der Waals surface area contributed by atoms with Gasteiger partial charge in [0.2, 0.25) is 10.0 Å². The number of carbonyl (C=O) groups is 1. The van der Waals surface area contributed by atoms with Gasteiger partial charge in [-0.15, -0.1) is 0 Å². The van der Waals surface area contributed by atoms with E-state index in [1.165, 1.54) is 10.4 Å². The lowest BCUT2D eigenvalue weighted by Crippen LogP contribution is -2.50. The number of amides is 1. The van der Waals surface area contributed by atoms with E-state index in [1.807, 2.05) is 6.92 Å². The molecule has 0 atom stereocenters. The van der Waals surface area contributed by atoms with Gasteiger partial charge in [-0.2, -0.15) is 17.5 Å². The molecule has 0 spiro atoms. The van der Waals surface area contributed by atoms with Crippen molar-refractivity contribution >= 4 is 25.8 Å². The molecule has 8 nitrogen and oxygen atoms in total. The van der Waals surface area contributed by atoms with Crippen molar-refractivity contribution in [1.82, 2.24) is 14.2 Å². The van der Waals surface area contributed by atoms with Crippen LogP contribution in [0.1, 0.15) is 21.5 Å². The number of sulfonamides is 1. The Morgan fingerprint density at radius 3 is 2.16 bits per heavy atom. The van der Waals surface area contributed by atoms with Crippen LogP contribution in [0.3, 0.4) is 0 Å². The molecule has 1 amide bonds. The Labute approximate surface area is 183 Å². The molecule has 1 saturated heterocycles. The quantitative estimate of drug-likeness (QED) is 0.649. The summed E-state index contributed by atoms with van der Waals surface area (Å²) in [6.07, 6.45) is 0.851. The monoisotopic (exact) mass is 491 g/mol. The number of hydrogen-bond acceptors (Lipinski definition) is 6. The lowest BCUT2D eigenvalue weighted by molar-refractivity contribution is -0.0438. The number of sulfone groups is 1. The van der Waals surface area contributed by atoms with Crippen LogP contribution in [0.15, 0.2) is 46.5 Å². The third-order valence-corrected chi connectivity index (χ3v) is 8.54. The average Bonchev–Trinajstić information content (AvgIpc) is 2.74. The minimum Gasteiger partial charge on any atom is -0.336 e. The zero-order valence-corrected chi connectivity index (χ0v) is 18.8. The van der Waals surface area contributed by atoms with Gasteiger partial charge in [-0.05, 0) is 49.2 Å². The second kappa shape index (κ2) is 8.45. The second-order valence-corrected chi connectivity index (χ2v) is 11.0. The Morgan fingerprint density at radius 2 is 1.59 bits per heavy atom. The van der Waals surface area contributed by atoms with Gasteiger partial charge in [0.1, 0.15) is 0 Å². The van der Waals surface area contributed by atoms with E-state index in [0.717, 1.165) is 34.4 Å². The van der Waals surface area contributed by atoms with Gasteiger partial charge in [-0.25, -0.2) is 21.8 Å². The Morgan fingerprint density at radius 1 is 0.969 bits per heavy atom. The predicted molar refractivity (Wildman–Crippen MR) is 108 cm³/mol. The zero-order valence-electron chi connectivity index (χ0n) is 17.1. The fraction of sp³-hybridized carbons (Fsp3) is 0.368. The van der Waals surface area contributed by atoms with Crippen molar-refractivity contribution in [1.29, 1.82) is 0 Å². The van der Waals surface area contributed by atoms with Crippen molar-refractivity contribution in [2.45, 2.75) is 29.3 Å². The first-order chi connectivity index (χ1) is 14.8. The summed E-state index contributed by atoms with van der Waals surface area (Å²) in [7, 11) is -9.66. The van der Waals surface area contributed by atoms with Gasteiger partial charge in [-0.3, -0.25) is 4.79 Å². The van der Waals surface area contributed by atoms with Gasteiger partial charge in [-0.1, -0.05) is 6.07 Å². The first kappa shape index (κ1) is 24.1. The third-order valence-electron chi connectivity index (χ3n) is 5.20. The van der Waals surface area contributed by atoms with Crippen molar-refractivity contribution in [3.05, 3.63) is 53.2 Å². The Bertz CT molecular complexity index is 1250. The maximum atomic E-state index is 13.0. The van der Waals surface area contributed by atoms with Crippen LogP contribution in [-0.4, -0.2) is 68.6 Å². The summed E-state index contributed by atoms with van der Waals surface area (Å²) in [4.78, 5) is 17.3. The number of piperazine rings is 1. The lowest BCUT2D eigenvalue weighted by Gasteiger charge is -2.34. The summed E-state index contributed by atoms with van der Waals surface area (Å²) in [5, 5.41) is -1.37. The maximum Gasteiger partial charge on any atom is 0.503 e. The molecular formula is C19H20F3N3O5S2. The van der Waals surface area contributed by atoms with Crippen molar-refractivity contribution in [2.75, 3.05) is 26.2 Å². The molecule has 13 heteroatoms. The third kappa shape index (κ3) is 4.36. The maximum absolute atomic E-state index is 13.0. The van der Waals surface area contributed by atoms with Crippen molar-refractivity contribution in [2.24, 2.45) is 0 Å². The van der Waals surface area contributed by atoms with Crippen LogP contribution in [0.5, 0.6) is 0 Å². The van der Waals surface area contributed by atoms with E-state index < -0.39 is 41.9 Å². The molecular weight excluding hydrogens is 471 g/mol. The molecule has 2 aromatic rings. The van der Waals surface area contributed by atoms with E-state index in [2.05, 4.69) is 4.98 Å². The summed E-state index contributed by atoms with van der Waals surface area (Å²) >= 11 is 0. The molecule has 1 aromatic carbocycles. The Balaban J connectivity index is 1.81. The number of carbonyl (C=O) groups excluding carboxylic acids is 1. The molecule has 1 aromatic heterocycles. The van der Waals surface area contributed by atoms with Crippen LogP contribution in [0, 0.1) is 13.8 Å². The molecule has 32 heavy (non-hydrogen) atoms. The molecule has 0 radical (unpaired) electrons. The van der Waals surface area contributed by atoms with Crippen LogP contribution in [0.2, 0.25) is 0 Å². The summed E-state index contributed by atoms with van der Waals surface area (Å²) in [5.74, 6) is -0.968. The fourth-order valence-electron chi connectivity index (χ4n) is 3.20. The van der Waals surface area contributed by atoms with Crippen LogP contribution < -0.4 is 0 Å². The number of aryl methyl sites for hydroxylation is 2. The summed E-state index contributed by atoms with van der Waals surface area (Å²) < 4.78 is 89.5. The number of hydrogen-bond donors (Lipinski definition) is 0. The first-order valence-corrected chi connectivity index (χ1v) is 12.3. The molecule has 0 N–H and O–H groups in total. The zero-order chi connectivity index (χ0) is 23.9. The average molecular weight is 492 g/mol. The number of nitrogens with zero attached hydrogens (tertiary/aromatic N) is 3. The Kier molecular flexibility index (Phi) is 6.37. The summed E-state index contributed by atoms with van der Waals surface area (Å²) in [6.45, 7) is 3.20. The molecule has 1 aliphatic rings. The SMILES string of the molecule is Cc1ccc(S(=O)(=O)N2CCN(C(=O)c3cccnc3S(=O)(=O)C(F)(F)F)CC2)cc1C. The van der Waals surface area contributed by atoms with Crippen LogP contribution in [0.4, 0.5) is 13.2 Å². The summed E-state index contributed by atoms with van der Waals surface area (Å²) in [6, 6.07) is 6.83. The van der Waals surface area contributed by atoms with Gasteiger partial charge in [0.05, 0.1) is 10.5 Å². The molecule has 0 aliphatic carbocycles. The normalized spacial score (nSPS) is 16.2. The van der Waals surface area contributed by atoms with E-state index in [9.17, 15) is 34.8 Å². The van der Waals surface area contributed by atoms with Crippen LogP contribution >= 0.6 is 0 Å².